The van der Waals surface area contributed by atoms with Crippen LogP contribution in [0.15, 0.2) is 18.2 Å². The Morgan fingerprint density at radius 2 is 2.00 bits per heavy atom. The molecule has 0 radical (unpaired) electrons. The van der Waals surface area contributed by atoms with Crippen molar-refractivity contribution in [2.75, 3.05) is 13.1 Å². The van der Waals surface area contributed by atoms with Gasteiger partial charge in [0.1, 0.15) is 0 Å². The molecule has 0 fully saturated rings. The van der Waals surface area contributed by atoms with Crippen molar-refractivity contribution in [3.63, 3.8) is 0 Å². The van der Waals surface area contributed by atoms with E-state index in [1.165, 1.54) is 46.8 Å². The number of hydrogen-bond donors (Lipinski definition) is 1. The van der Waals surface area contributed by atoms with Gasteiger partial charge in [0.15, 0.2) is 0 Å². The van der Waals surface area contributed by atoms with Crippen LogP contribution in [-0.4, -0.2) is 18.1 Å². The second-order valence-corrected chi connectivity index (χ2v) is 7.09. The summed E-state index contributed by atoms with van der Waals surface area (Å²) in [4.78, 5) is 6.22. The first-order chi connectivity index (χ1) is 10.3. The van der Waals surface area contributed by atoms with E-state index in [1.807, 2.05) is 11.3 Å². The molecule has 1 N–H and O–H groups in total. The molecule has 0 amide bonds. The lowest BCUT2D eigenvalue weighted by atomic mass is 9.90. The molecule has 0 saturated heterocycles. The largest absolute Gasteiger partial charge is 0.317 e. The number of nitrogens with zero attached hydrogens (tertiary/aromatic N) is 1. The normalized spacial score (nSPS) is 14.2. The Kier molecular flexibility index (Phi) is 4.71. The third-order valence-electron chi connectivity index (χ3n) is 4.23. The highest BCUT2D eigenvalue weighted by Crippen LogP contribution is 2.31. The average molecular weight is 300 g/mol. The summed E-state index contributed by atoms with van der Waals surface area (Å²) in [5, 5.41) is 4.62. The van der Waals surface area contributed by atoms with Crippen LogP contribution in [0, 0.1) is 6.92 Å². The minimum atomic E-state index is 1.02. The quantitative estimate of drug-likeness (QED) is 0.839. The van der Waals surface area contributed by atoms with Crippen LogP contribution in [0.3, 0.4) is 0 Å². The predicted octanol–water partition coefficient (Wildman–Crippen LogP) is 4.15. The van der Waals surface area contributed by atoms with E-state index in [1.54, 1.807) is 11.1 Å². The van der Waals surface area contributed by atoms with Crippen LogP contribution in [0.1, 0.15) is 40.8 Å². The van der Waals surface area contributed by atoms with Crippen molar-refractivity contribution in [2.45, 2.75) is 46.0 Å². The van der Waals surface area contributed by atoms with Crippen molar-refractivity contribution in [3.8, 4) is 11.3 Å². The van der Waals surface area contributed by atoms with Crippen molar-refractivity contribution in [3.05, 3.63) is 39.2 Å². The lowest BCUT2D eigenvalue weighted by molar-refractivity contribution is 0.686. The first kappa shape index (κ1) is 14.7. The van der Waals surface area contributed by atoms with Crippen LogP contribution in [0.4, 0.5) is 0 Å². The van der Waals surface area contributed by atoms with E-state index in [4.69, 9.17) is 4.98 Å². The molecule has 1 aromatic carbocycles. The number of likely N-dealkylation sites (N-methyl/N-ethyl adjacent to an activating group) is 1. The van der Waals surface area contributed by atoms with Gasteiger partial charge in [-0.1, -0.05) is 19.1 Å². The van der Waals surface area contributed by atoms with Crippen molar-refractivity contribution < 1.29 is 0 Å². The van der Waals surface area contributed by atoms with E-state index in [0.29, 0.717) is 0 Å². The number of hydrogen-bond acceptors (Lipinski definition) is 3. The van der Waals surface area contributed by atoms with Gasteiger partial charge in [-0.05, 0) is 56.3 Å². The van der Waals surface area contributed by atoms with Crippen molar-refractivity contribution in [1.29, 1.82) is 0 Å². The Balaban J connectivity index is 1.83. The van der Waals surface area contributed by atoms with Crippen molar-refractivity contribution >= 4 is 11.3 Å². The van der Waals surface area contributed by atoms with Gasteiger partial charge in [-0.25, -0.2) is 4.98 Å². The van der Waals surface area contributed by atoms with E-state index in [2.05, 4.69) is 37.4 Å². The smallest absolute Gasteiger partial charge is 0.0948 e. The van der Waals surface area contributed by atoms with E-state index >= 15 is 0 Å². The summed E-state index contributed by atoms with van der Waals surface area (Å²) in [6, 6.07) is 6.96. The first-order valence-corrected chi connectivity index (χ1v) is 8.88. The topological polar surface area (TPSA) is 24.9 Å². The number of benzene rings is 1. The molecule has 21 heavy (non-hydrogen) atoms. The van der Waals surface area contributed by atoms with Crippen LogP contribution in [0.25, 0.3) is 11.3 Å². The summed E-state index contributed by atoms with van der Waals surface area (Å²) in [5.41, 5.74) is 5.59. The zero-order chi connectivity index (χ0) is 14.7. The second-order valence-electron chi connectivity index (χ2n) is 5.81. The molecule has 1 aliphatic rings. The van der Waals surface area contributed by atoms with Gasteiger partial charge < -0.3 is 5.32 Å². The second kappa shape index (κ2) is 6.71. The van der Waals surface area contributed by atoms with Gasteiger partial charge in [0.25, 0.3) is 0 Å². The van der Waals surface area contributed by atoms with Gasteiger partial charge in [0.2, 0.25) is 0 Å². The van der Waals surface area contributed by atoms with Gasteiger partial charge in [-0.3, -0.25) is 0 Å². The molecule has 2 nitrogen and oxygen atoms in total. The summed E-state index contributed by atoms with van der Waals surface area (Å²) >= 11 is 1.85. The van der Waals surface area contributed by atoms with Crippen LogP contribution in [0.5, 0.6) is 0 Å². The van der Waals surface area contributed by atoms with Gasteiger partial charge in [-0.15, -0.1) is 11.3 Å². The van der Waals surface area contributed by atoms with Gasteiger partial charge >= 0.3 is 0 Å². The molecule has 1 aliphatic carbocycles. The predicted molar refractivity (Wildman–Crippen MR) is 91.2 cm³/mol. The molecule has 0 saturated carbocycles. The van der Waals surface area contributed by atoms with Crippen molar-refractivity contribution in [1.82, 2.24) is 10.3 Å². The van der Waals surface area contributed by atoms with Gasteiger partial charge in [-0.2, -0.15) is 0 Å². The molecule has 3 heteroatoms. The standard InChI is InChI=1S/C18H24N2S/c1-3-19-11-10-17-20-18(13(2)21-17)16-9-8-14-6-4-5-7-15(14)12-16/h8-9,12,19H,3-7,10-11H2,1-2H3. The molecule has 0 atom stereocenters. The Morgan fingerprint density at radius 3 is 2.81 bits per heavy atom. The Morgan fingerprint density at radius 1 is 1.19 bits per heavy atom. The maximum atomic E-state index is 4.88. The third kappa shape index (κ3) is 3.35. The number of rotatable bonds is 5. The minimum Gasteiger partial charge on any atom is -0.317 e. The summed E-state index contributed by atoms with van der Waals surface area (Å²) in [7, 11) is 0. The highest BCUT2D eigenvalue weighted by molar-refractivity contribution is 7.12. The lowest BCUT2D eigenvalue weighted by Crippen LogP contribution is -2.15. The maximum Gasteiger partial charge on any atom is 0.0948 e. The molecule has 0 unspecified atom stereocenters. The Labute approximate surface area is 131 Å². The Bertz CT molecular complexity index is 616. The van der Waals surface area contributed by atoms with Crippen molar-refractivity contribution in [2.24, 2.45) is 0 Å². The van der Waals surface area contributed by atoms with E-state index in [-0.39, 0.29) is 0 Å². The number of thiazole rings is 1. The fraction of sp³-hybridized carbons (Fsp3) is 0.500. The van der Waals surface area contributed by atoms with Crippen LogP contribution in [0.2, 0.25) is 0 Å². The minimum absolute atomic E-state index is 1.02. The number of fused-ring (bicyclic) bond motifs is 1. The zero-order valence-electron chi connectivity index (χ0n) is 13.0. The summed E-state index contributed by atoms with van der Waals surface area (Å²) in [6.07, 6.45) is 6.20. The lowest BCUT2D eigenvalue weighted by Gasteiger charge is -2.16. The SMILES string of the molecule is CCNCCc1nc(-c2ccc3c(c2)CCCC3)c(C)s1. The van der Waals surface area contributed by atoms with Gasteiger partial charge in [0, 0.05) is 23.4 Å². The molecule has 0 bridgehead atoms. The average Bonchev–Trinajstić information content (AvgIpc) is 2.88. The Hall–Kier alpha value is -1.19. The first-order valence-electron chi connectivity index (χ1n) is 8.07. The fourth-order valence-electron chi connectivity index (χ4n) is 3.08. The molecular weight excluding hydrogens is 276 g/mol. The monoisotopic (exact) mass is 300 g/mol. The molecule has 0 aliphatic heterocycles. The van der Waals surface area contributed by atoms with Gasteiger partial charge in [0.05, 0.1) is 10.7 Å². The number of aromatic nitrogens is 1. The molecular formula is C18H24N2S. The molecule has 112 valence electrons. The van der Waals surface area contributed by atoms with Crippen LogP contribution in [-0.2, 0) is 19.3 Å². The summed E-state index contributed by atoms with van der Waals surface area (Å²) in [5.74, 6) is 0. The molecule has 2 aromatic rings. The van der Waals surface area contributed by atoms with E-state index in [0.717, 1.165) is 19.5 Å². The molecule has 1 heterocycles. The molecule has 0 spiro atoms. The maximum absolute atomic E-state index is 4.88. The summed E-state index contributed by atoms with van der Waals surface area (Å²) < 4.78 is 0. The molecule has 3 rings (SSSR count). The van der Waals surface area contributed by atoms with E-state index in [9.17, 15) is 0 Å². The molecule has 1 aromatic heterocycles. The van der Waals surface area contributed by atoms with Crippen LogP contribution < -0.4 is 5.32 Å². The fourth-order valence-corrected chi connectivity index (χ4v) is 4.03. The zero-order valence-corrected chi connectivity index (χ0v) is 13.9. The highest BCUT2D eigenvalue weighted by atomic mass is 32.1. The van der Waals surface area contributed by atoms with Crippen LogP contribution >= 0.6 is 11.3 Å². The van der Waals surface area contributed by atoms with E-state index < -0.39 is 0 Å². The third-order valence-corrected chi connectivity index (χ3v) is 5.26. The highest BCUT2D eigenvalue weighted by Gasteiger charge is 2.14. The number of aryl methyl sites for hydroxylation is 3. The number of nitrogens with one attached hydrogen (secondary N) is 1. The summed E-state index contributed by atoms with van der Waals surface area (Å²) in [6.45, 7) is 6.39.